The Balaban J connectivity index is 3.67. The number of aliphatic hydroxyl groups is 1. The molecule has 23 heteroatoms. The summed E-state index contributed by atoms with van der Waals surface area (Å²) in [6, 6.07) is -5.21. The quantitative estimate of drug-likeness (QED) is 0.0249. The van der Waals surface area contributed by atoms with E-state index in [9.17, 15) is 58.2 Å². The monoisotopic (exact) mass is 838 g/mol. The van der Waals surface area contributed by atoms with Crippen molar-refractivity contribution in [1.29, 1.82) is 0 Å². The Morgan fingerprint density at radius 3 is 1.86 bits per heavy atom. The van der Waals surface area contributed by atoms with Crippen LogP contribution in [0.4, 0.5) is 0 Å². The Hall–Kier alpha value is -6.36. The molecule has 1 rings (SSSR count). The molecule has 0 heterocycles. The number of carbonyl (C=O) groups is 10. The number of aliphatic hydroxyl groups excluding tert-OH is 1. The summed E-state index contributed by atoms with van der Waals surface area (Å²) in [6.45, 7) is 3.23. The summed E-state index contributed by atoms with van der Waals surface area (Å²) in [7, 11) is 1.32. The van der Waals surface area contributed by atoms with Crippen molar-refractivity contribution in [3.05, 3.63) is 23.8 Å². The number of carboxylic acids is 2. The van der Waals surface area contributed by atoms with Crippen LogP contribution in [-0.4, -0.2) is 136 Å². The van der Waals surface area contributed by atoms with E-state index in [0.717, 1.165) is 25.7 Å². The van der Waals surface area contributed by atoms with Crippen molar-refractivity contribution in [1.82, 2.24) is 31.5 Å². The van der Waals surface area contributed by atoms with Gasteiger partial charge in [-0.25, -0.2) is 0 Å². The molecule has 0 saturated carbocycles. The molecule has 59 heavy (non-hydrogen) atoms. The third-order valence-electron chi connectivity index (χ3n) is 8.51. The SMILES string of the molecule is COc1ccc(CN(C(=O)[C@H](CC(=O)O)NC(=O)[C@H](CCC(=O)O)NC(C)=O)[C@@H](C)C(=O)N[C@@H](CO)C(=O)N[C@@H](CCCCN)C(=O)N[C@@H](C)C(N)=O)c(OC(C)=O)c1. The minimum atomic E-state index is -1.96. The number of unbranched alkanes of at least 4 members (excludes halogenated alkanes) is 1. The standard InChI is InChI=1S/C36H54N8O15/c1-18(31(38)52)39-33(54)24(8-6-7-13-37)41-35(56)27(17-45)43-32(53)19(2)44(16-22-9-10-23(58-5)14-28(22)59-21(4)47)36(57)26(15-30(50)51)42-34(55)25(40-20(3)46)11-12-29(48)49/h9-10,14,18-19,24-27,45H,6-8,11-13,15-17,37H2,1-5H3,(H2,38,52)(H,39,54)(H,40,46)(H,41,56)(H,42,55)(H,43,53)(H,48,49)(H,50,51)/t18-,19-,24-,25-,26-,27-/m0/s1. The van der Waals surface area contributed by atoms with Crippen LogP contribution >= 0.6 is 0 Å². The summed E-state index contributed by atoms with van der Waals surface area (Å²) >= 11 is 0. The van der Waals surface area contributed by atoms with E-state index in [1.54, 1.807) is 0 Å². The fourth-order valence-electron chi connectivity index (χ4n) is 5.31. The molecule has 0 unspecified atom stereocenters. The van der Waals surface area contributed by atoms with E-state index in [-0.39, 0.29) is 30.0 Å². The minimum absolute atomic E-state index is 0.0351. The van der Waals surface area contributed by atoms with Gasteiger partial charge in [0.05, 0.1) is 26.7 Å². The maximum Gasteiger partial charge on any atom is 0.308 e. The van der Waals surface area contributed by atoms with Gasteiger partial charge in [-0.2, -0.15) is 0 Å². The molecule has 0 saturated heterocycles. The first kappa shape index (κ1) is 50.7. The Bertz CT molecular complexity index is 1710. The number of carboxylic acid groups (broad SMARTS) is 2. The molecule has 0 radical (unpaired) electrons. The average molecular weight is 839 g/mol. The number of benzene rings is 1. The van der Waals surface area contributed by atoms with Crippen LogP contribution in [0.15, 0.2) is 18.2 Å². The number of methoxy groups -OCH3 is 1. The third-order valence-corrected chi connectivity index (χ3v) is 8.51. The van der Waals surface area contributed by atoms with Crippen molar-refractivity contribution < 1.29 is 72.7 Å². The molecule has 0 bridgehead atoms. The summed E-state index contributed by atoms with van der Waals surface area (Å²) in [5.41, 5.74) is 10.9. The van der Waals surface area contributed by atoms with Crippen molar-refractivity contribution in [3.63, 3.8) is 0 Å². The van der Waals surface area contributed by atoms with E-state index in [0.29, 0.717) is 12.8 Å². The van der Waals surface area contributed by atoms with Crippen molar-refractivity contribution in [2.24, 2.45) is 11.5 Å². The molecule has 0 aliphatic carbocycles. The molecular weight excluding hydrogens is 784 g/mol. The highest BCUT2D eigenvalue weighted by Gasteiger charge is 2.37. The normalized spacial score (nSPS) is 13.7. The predicted molar refractivity (Wildman–Crippen MR) is 204 cm³/mol. The molecule has 6 atom stereocenters. The molecule has 7 amide bonds. The number of aliphatic carboxylic acids is 2. The van der Waals surface area contributed by atoms with Crippen LogP contribution in [-0.2, 0) is 54.5 Å². The maximum atomic E-state index is 14.3. The molecule has 0 fully saturated rings. The zero-order valence-corrected chi connectivity index (χ0v) is 33.4. The number of carbonyl (C=O) groups excluding carboxylic acids is 8. The number of amides is 7. The predicted octanol–water partition coefficient (Wildman–Crippen LogP) is -3.25. The van der Waals surface area contributed by atoms with Gasteiger partial charge in [-0.15, -0.1) is 0 Å². The highest BCUT2D eigenvalue weighted by atomic mass is 16.5. The fourth-order valence-corrected chi connectivity index (χ4v) is 5.31. The first-order valence-electron chi connectivity index (χ1n) is 18.3. The van der Waals surface area contributed by atoms with Gasteiger partial charge in [-0.05, 0) is 58.2 Å². The Morgan fingerprint density at radius 1 is 0.763 bits per heavy atom. The van der Waals surface area contributed by atoms with Gasteiger partial charge in [-0.1, -0.05) is 0 Å². The van der Waals surface area contributed by atoms with E-state index < -0.39 is 128 Å². The van der Waals surface area contributed by atoms with Crippen LogP contribution in [0.5, 0.6) is 11.5 Å². The van der Waals surface area contributed by atoms with E-state index in [4.69, 9.17) is 26.0 Å². The highest BCUT2D eigenvalue weighted by molar-refractivity contribution is 5.98. The summed E-state index contributed by atoms with van der Waals surface area (Å²) < 4.78 is 10.5. The van der Waals surface area contributed by atoms with Gasteiger partial charge in [0.1, 0.15) is 47.8 Å². The minimum Gasteiger partial charge on any atom is -0.497 e. The van der Waals surface area contributed by atoms with E-state index in [1.807, 2.05) is 0 Å². The van der Waals surface area contributed by atoms with Crippen LogP contribution in [0, 0.1) is 0 Å². The zero-order valence-electron chi connectivity index (χ0n) is 33.4. The second kappa shape index (κ2) is 25.1. The smallest absolute Gasteiger partial charge is 0.308 e. The lowest BCUT2D eigenvalue weighted by atomic mass is 10.1. The van der Waals surface area contributed by atoms with Gasteiger partial charge in [-0.3, -0.25) is 47.9 Å². The molecule has 0 aliphatic rings. The number of nitrogens with one attached hydrogen (secondary N) is 5. The van der Waals surface area contributed by atoms with Gasteiger partial charge >= 0.3 is 17.9 Å². The molecular formula is C36H54N8O15. The largest absolute Gasteiger partial charge is 0.497 e. The zero-order chi connectivity index (χ0) is 45.0. The first-order valence-corrected chi connectivity index (χ1v) is 18.3. The lowest BCUT2D eigenvalue weighted by molar-refractivity contribution is -0.148. The Kier molecular flexibility index (Phi) is 21.5. The van der Waals surface area contributed by atoms with E-state index in [2.05, 4.69) is 26.6 Å². The van der Waals surface area contributed by atoms with Gasteiger partial charge in [0, 0.05) is 31.9 Å². The van der Waals surface area contributed by atoms with Crippen molar-refractivity contribution >= 4 is 59.3 Å². The van der Waals surface area contributed by atoms with E-state index in [1.165, 1.54) is 32.2 Å². The van der Waals surface area contributed by atoms with Gasteiger partial charge < -0.3 is 67.7 Å². The second-order valence-corrected chi connectivity index (χ2v) is 13.3. The van der Waals surface area contributed by atoms with Gasteiger partial charge in [0.25, 0.3) is 0 Å². The number of nitrogens with two attached hydrogens (primary N) is 2. The molecule has 0 spiro atoms. The maximum absolute atomic E-state index is 14.3. The summed E-state index contributed by atoms with van der Waals surface area (Å²) in [5.74, 6) is -10.5. The molecule has 0 aliphatic heterocycles. The van der Waals surface area contributed by atoms with Crippen LogP contribution in [0.3, 0.4) is 0 Å². The first-order chi connectivity index (χ1) is 27.6. The molecule has 1 aromatic rings. The molecule has 1 aromatic carbocycles. The fraction of sp³-hybridized carbons (Fsp3) is 0.556. The summed E-state index contributed by atoms with van der Waals surface area (Å²) in [4.78, 5) is 127. The number of ether oxygens (including phenoxy) is 2. The average Bonchev–Trinajstić information content (AvgIpc) is 3.15. The topological polar surface area (TPSA) is 365 Å². The summed E-state index contributed by atoms with van der Waals surface area (Å²) in [6.07, 6.45) is -1.28. The third kappa shape index (κ3) is 17.8. The molecule has 12 N–H and O–H groups in total. The summed E-state index contributed by atoms with van der Waals surface area (Å²) in [5, 5.41) is 40.5. The molecule has 0 aromatic heterocycles. The van der Waals surface area contributed by atoms with Crippen molar-refractivity contribution in [2.75, 3.05) is 20.3 Å². The molecule has 23 nitrogen and oxygen atoms in total. The second-order valence-electron chi connectivity index (χ2n) is 13.3. The van der Waals surface area contributed by atoms with Gasteiger partial charge in [0.2, 0.25) is 41.4 Å². The number of hydrogen-bond donors (Lipinski definition) is 10. The number of esters is 1. The Labute approximate surface area is 339 Å². The van der Waals surface area contributed by atoms with Crippen LogP contribution in [0.2, 0.25) is 0 Å². The van der Waals surface area contributed by atoms with Crippen LogP contribution < -0.4 is 47.5 Å². The molecule has 328 valence electrons. The van der Waals surface area contributed by atoms with Crippen molar-refractivity contribution in [3.8, 4) is 11.5 Å². The lowest BCUT2D eigenvalue weighted by Gasteiger charge is -2.33. The van der Waals surface area contributed by atoms with Crippen LogP contribution in [0.25, 0.3) is 0 Å². The number of primary amides is 1. The van der Waals surface area contributed by atoms with E-state index >= 15 is 0 Å². The lowest BCUT2D eigenvalue weighted by Crippen LogP contribution is -2.60. The Morgan fingerprint density at radius 2 is 1.34 bits per heavy atom. The number of nitrogens with zero attached hydrogens (tertiary/aromatic N) is 1. The van der Waals surface area contributed by atoms with Crippen LogP contribution in [0.1, 0.15) is 71.8 Å². The highest BCUT2D eigenvalue weighted by Crippen LogP contribution is 2.27. The number of rotatable bonds is 26. The number of hydrogen-bond acceptors (Lipinski definition) is 14. The van der Waals surface area contributed by atoms with Crippen molar-refractivity contribution in [2.45, 2.75) is 109 Å². The van der Waals surface area contributed by atoms with Gasteiger partial charge in [0.15, 0.2) is 0 Å².